The quantitative estimate of drug-likeness (QED) is 0.369. The van der Waals surface area contributed by atoms with Gasteiger partial charge in [-0.25, -0.2) is 4.98 Å². The highest BCUT2D eigenvalue weighted by atomic mass is 35.5. The normalized spacial score (nSPS) is 14.0. The van der Waals surface area contributed by atoms with Crippen LogP contribution in [0.4, 0.5) is 5.13 Å². The summed E-state index contributed by atoms with van der Waals surface area (Å²) in [5.74, 6) is 0.955. The number of aromatic nitrogens is 1. The van der Waals surface area contributed by atoms with Crippen molar-refractivity contribution in [2.75, 3.05) is 58.0 Å². The SMILES string of the molecule is COc1ccc2sc(N(CCCN3CCOCC3)C(=O)COc3ccc(Cl)cc3Cl)nc2c1.Cl. The molecular formula is C23H26Cl3N3O4S. The van der Waals surface area contributed by atoms with Crippen molar-refractivity contribution in [3.8, 4) is 11.5 Å². The van der Waals surface area contributed by atoms with E-state index in [1.165, 1.54) is 11.3 Å². The number of carbonyl (C=O) groups is 1. The standard InChI is InChI=1S/C23H25Cl2N3O4S.ClH/c1-30-17-4-6-21-19(14-17)26-23(33-21)28(8-2-7-27-9-11-31-12-10-27)22(29)15-32-20-5-3-16(24)13-18(20)25;/h3-6,13-14H,2,7-12,15H2,1H3;1H. The number of benzene rings is 2. The summed E-state index contributed by atoms with van der Waals surface area (Å²) in [7, 11) is 1.62. The Bertz CT molecular complexity index is 1110. The second-order valence-electron chi connectivity index (χ2n) is 7.55. The van der Waals surface area contributed by atoms with Gasteiger partial charge in [0.2, 0.25) is 0 Å². The highest BCUT2D eigenvalue weighted by Gasteiger charge is 2.21. The lowest BCUT2D eigenvalue weighted by Crippen LogP contribution is -2.40. The van der Waals surface area contributed by atoms with Crippen LogP contribution in [0.3, 0.4) is 0 Å². The molecule has 1 aliphatic heterocycles. The van der Waals surface area contributed by atoms with Gasteiger partial charge in [0.05, 0.1) is 35.6 Å². The molecule has 184 valence electrons. The summed E-state index contributed by atoms with van der Waals surface area (Å²) in [6.45, 7) is 4.58. The van der Waals surface area contributed by atoms with Gasteiger partial charge in [-0.2, -0.15) is 0 Å². The molecule has 1 saturated heterocycles. The van der Waals surface area contributed by atoms with Crippen molar-refractivity contribution in [1.29, 1.82) is 0 Å². The molecule has 34 heavy (non-hydrogen) atoms. The molecule has 2 aromatic carbocycles. The van der Waals surface area contributed by atoms with Crippen molar-refractivity contribution in [2.45, 2.75) is 6.42 Å². The summed E-state index contributed by atoms with van der Waals surface area (Å²) in [4.78, 5) is 22.0. The molecule has 2 heterocycles. The van der Waals surface area contributed by atoms with E-state index < -0.39 is 0 Å². The van der Waals surface area contributed by atoms with E-state index in [2.05, 4.69) is 4.90 Å². The first kappa shape index (κ1) is 26.8. The van der Waals surface area contributed by atoms with Gasteiger partial charge in [0, 0.05) is 37.3 Å². The Labute approximate surface area is 218 Å². The van der Waals surface area contributed by atoms with Crippen LogP contribution < -0.4 is 14.4 Å². The maximum absolute atomic E-state index is 13.2. The van der Waals surface area contributed by atoms with Crippen molar-refractivity contribution >= 4 is 68.2 Å². The lowest BCUT2D eigenvalue weighted by molar-refractivity contribution is -0.120. The van der Waals surface area contributed by atoms with E-state index in [0.717, 1.165) is 55.2 Å². The zero-order valence-corrected chi connectivity index (χ0v) is 21.8. The Balaban J connectivity index is 0.00000324. The van der Waals surface area contributed by atoms with Crippen LogP contribution in [0.1, 0.15) is 6.42 Å². The molecule has 0 aliphatic carbocycles. The largest absolute Gasteiger partial charge is 0.497 e. The number of amides is 1. The first-order chi connectivity index (χ1) is 16.0. The molecule has 0 bridgehead atoms. The number of anilines is 1. The van der Waals surface area contributed by atoms with Crippen LogP contribution in [0.15, 0.2) is 36.4 Å². The molecule has 11 heteroatoms. The fraction of sp³-hybridized carbons (Fsp3) is 0.391. The second-order valence-corrected chi connectivity index (χ2v) is 9.40. The number of thiazole rings is 1. The van der Waals surface area contributed by atoms with Gasteiger partial charge in [0.1, 0.15) is 11.5 Å². The average molecular weight is 547 g/mol. The first-order valence-electron chi connectivity index (χ1n) is 10.7. The van der Waals surface area contributed by atoms with Crippen LogP contribution in [0, 0.1) is 0 Å². The predicted molar refractivity (Wildman–Crippen MR) is 140 cm³/mol. The number of morpholine rings is 1. The number of methoxy groups -OCH3 is 1. The Morgan fingerprint density at radius 1 is 1.21 bits per heavy atom. The maximum Gasteiger partial charge on any atom is 0.266 e. The summed E-state index contributed by atoms with van der Waals surface area (Å²) >= 11 is 13.6. The number of rotatable bonds is 9. The van der Waals surface area contributed by atoms with E-state index >= 15 is 0 Å². The Morgan fingerprint density at radius 3 is 2.74 bits per heavy atom. The molecule has 4 rings (SSSR count). The van der Waals surface area contributed by atoms with Gasteiger partial charge in [0.25, 0.3) is 5.91 Å². The highest BCUT2D eigenvalue weighted by Crippen LogP contribution is 2.32. The predicted octanol–water partition coefficient (Wildman–Crippen LogP) is 5.17. The minimum absolute atomic E-state index is 0. The summed E-state index contributed by atoms with van der Waals surface area (Å²) in [5.41, 5.74) is 0.794. The van der Waals surface area contributed by atoms with Crippen molar-refractivity contribution in [1.82, 2.24) is 9.88 Å². The molecule has 0 spiro atoms. The Morgan fingerprint density at radius 2 is 2.00 bits per heavy atom. The summed E-state index contributed by atoms with van der Waals surface area (Å²) in [5, 5.41) is 1.51. The molecule has 0 radical (unpaired) electrons. The molecule has 0 N–H and O–H groups in total. The monoisotopic (exact) mass is 545 g/mol. The fourth-order valence-corrected chi connectivity index (χ4v) is 5.00. The third kappa shape index (κ3) is 6.87. The summed E-state index contributed by atoms with van der Waals surface area (Å²) < 4.78 is 17.4. The lowest BCUT2D eigenvalue weighted by atomic mass is 10.3. The van der Waals surface area contributed by atoms with E-state index in [-0.39, 0.29) is 24.9 Å². The number of fused-ring (bicyclic) bond motifs is 1. The van der Waals surface area contributed by atoms with Gasteiger partial charge < -0.3 is 14.2 Å². The molecule has 3 aromatic rings. The van der Waals surface area contributed by atoms with Crippen LogP contribution in [0.25, 0.3) is 10.2 Å². The molecule has 1 aromatic heterocycles. The highest BCUT2D eigenvalue weighted by molar-refractivity contribution is 7.22. The zero-order chi connectivity index (χ0) is 23.2. The van der Waals surface area contributed by atoms with Crippen molar-refractivity contribution < 1.29 is 19.0 Å². The number of hydrogen-bond donors (Lipinski definition) is 0. The molecule has 0 saturated carbocycles. The van der Waals surface area contributed by atoms with Crippen LogP contribution in [0.2, 0.25) is 10.0 Å². The summed E-state index contributed by atoms with van der Waals surface area (Å²) in [6.07, 6.45) is 0.812. The molecule has 7 nitrogen and oxygen atoms in total. The van der Waals surface area contributed by atoms with E-state index in [1.54, 1.807) is 30.2 Å². The van der Waals surface area contributed by atoms with Gasteiger partial charge in [-0.15, -0.1) is 12.4 Å². The molecule has 0 unspecified atom stereocenters. The lowest BCUT2D eigenvalue weighted by Gasteiger charge is -2.27. The van der Waals surface area contributed by atoms with E-state index in [1.807, 2.05) is 18.2 Å². The second kappa shape index (κ2) is 12.8. The van der Waals surface area contributed by atoms with Crippen molar-refractivity contribution in [3.05, 3.63) is 46.4 Å². The fourth-order valence-electron chi connectivity index (χ4n) is 3.55. The Kier molecular flexibility index (Phi) is 10.1. The summed E-state index contributed by atoms with van der Waals surface area (Å²) in [6, 6.07) is 10.6. The minimum Gasteiger partial charge on any atom is -0.497 e. The number of hydrogen-bond acceptors (Lipinski definition) is 7. The number of halogens is 3. The molecule has 1 aliphatic rings. The number of nitrogens with zero attached hydrogens (tertiary/aromatic N) is 3. The van der Waals surface area contributed by atoms with Crippen LogP contribution in [-0.4, -0.2) is 68.9 Å². The van der Waals surface area contributed by atoms with Crippen molar-refractivity contribution in [2.24, 2.45) is 0 Å². The zero-order valence-electron chi connectivity index (χ0n) is 18.7. The molecular weight excluding hydrogens is 521 g/mol. The molecule has 1 fully saturated rings. The van der Waals surface area contributed by atoms with Gasteiger partial charge >= 0.3 is 0 Å². The van der Waals surface area contributed by atoms with Crippen LogP contribution in [-0.2, 0) is 9.53 Å². The number of ether oxygens (including phenoxy) is 3. The van der Waals surface area contributed by atoms with Gasteiger partial charge in [-0.1, -0.05) is 34.5 Å². The third-order valence-electron chi connectivity index (χ3n) is 5.32. The number of carbonyl (C=O) groups excluding carboxylic acids is 1. The molecule has 1 amide bonds. The topological polar surface area (TPSA) is 64.1 Å². The first-order valence-corrected chi connectivity index (χ1v) is 12.2. The van der Waals surface area contributed by atoms with Gasteiger partial charge in [0.15, 0.2) is 11.7 Å². The van der Waals surface area contributed by atoms with Gasteiger partial charge in [-0.05, 0) is 36.8 Å². The minimum atomic E-state index is -0.186. The molecule has 0 atom stereocenters. The van der Waals surface area contributed by atoms with E-state index in [0.29, 0.717) is 27.5 Å². The maximum atomic E-state index is 13.2. The average Bonchev–Trinajstić information content (AvgIpc) is 3.24. The van der Waals surface area contributed by atoms with Crippen LogP contribution in [0.5, 0.6) is 11.5 Å². The van der Waals surface area contributed by atoms with Crippen molar-refractivity contribution in [3.63, 3.8) is 0 Å². The smallest absolute Gasteiger partial charge is 0.266 e. The van der Waals surface area contributed by atoms with Gasteiger partial charge in [-0.3, -0.25) is 14.6 Å². The van der Waals surface area contributed by atoms with E-state index in [4.69, 9.17) is 42.4 Å². The Hall–Kier alpha value is -1.81. The van der Waals surface area contributed by atoms with Crippen LogP contribution >= 0.6 is 46.9 Å². The third-order valence-corrected chi connectivity index (χ3v) is 6.91. The van der Waals surface area contributed by atoms with E-state index in [9.17, 15) is 4.79 Å².